The van der Waals surface area contributed by atoms with Crippen LogP contribution in [0.3, 0.4) is 0 Å². The van der Waals surface area contributed by atoms with Gasteiger partial charge in [-0.15, -0.1) is 0 Å². The number of hydrogen-bond donors (Lipinski definition) is 0. The van der Waals surface area contributed by atoms with Gasteiger partial charge >= 0.3 is 0 Å². The third kappa shape index (κ3) is 4.16. The second kappa shape index (κ2) is 9.19. The molecule has 4 rings (SSSR count). The van der Waals surface area contributed by atoms with E-state index in [1.54, 1.807) is 24.5 Å². The lowest BCUT2D eigenvalue weighted by Crippen LogP contribution is -2.41. The maximum absolute atomic E-state index is 13.4. The van der Waals surface area contributed by atoms with Gasteiger partial charge in [0.25, 0.3) is 0 Å². The average molecular weight is 436 g/mol. The van der Waals surface area contributed by atoms with Gasteiger partial charge < -0.3 is 14.1 Å². The minimum atomic E-state index is -0.277. The summed E-state index contributed by atoms with van der Waals surface area (Å²) in [6, 6.07) is 8.66. The molecule has 5 heteroatoms. The molecule has 32 heavy (non-hydrogen) atoms. The fraction of sp³-hybridized carbons (Fsp3) is 0.370. The molecule has 1 atom stereocenters. The summed E-state index contributed by atoms with van der Waals surface area (Å²) in [7, 11) is 0. The van der Waals surface area contributed by atoms with Crippen LogP contribution in [-0.2, 0) is 4.79 Å². The Bertz CT molecular complexity index is 1160. The van der Waals surface area contributed by atoms with Crippen LogP contribution in [0.25, 0.3) is 27.7 Å². The number of benzene rings is 2. The second-order valence-corrected chi connectivity index (χ2v) is 8.55. The van der Waals surface area contributed by atoms with Crippen LogP contribution in [-0.4, -0.2) is 30.0 Å². The van der Waals surface area contributed by atoms with Gasteiger partial charge in [0, 0.05) is 40.7 Å². The van der Waals surface area contributed by atoms with Crippen molar-refractivity contribution in [2.24, 2.45) is 0 Å². The molecule has 1 amide bonds. The van der Waals surface area contributed by atoms with Gasteiger partial charge in [0.05, 0.1) is 12.9 Å². The van der Waals surface area contributed by atoms with Gasteiger partial charge in [-0.25, -0.2) is 4.39 Å². The molecule has 2 heterocycles. The van der Waals surface area contributed by atoms with E-state index in [2.05, 4.69) is 6.92 Å². The van der Waals surface area contributed by atoms with Crippen molar-refractivity contribution in [3.8, 4) is 16.9 Å². The lowest BCUT2D eigenvalue weighted by molar-refractivity contribution is -0.129. The van der Waals surface area contributed by atoms with E-state index in [-0.39, 0.29) is 17.8 Å². The summed E-state index contributed by atoms with van der Waals surface area (Å²) in [4.78, 5) is 15.0. The highest BCUT2D eigenvalue weighted by molar-refractivity contribution is 6.01. The number of furan rings is 1. The first-order valence-corrected chi connectivity index (χ1v) is 11.3. The van der Waals surface area contributed by atoms with E-state index in [9.17, 15) is 9.18 Å². The second-order valence-electron chi connectivity index (χ2n) is 8.55. The number of hydrogen-bond acceptors (Lipinski definition) is 3. The van der Waals surface area contributed by atoms with Crippen LogP contribution in [0.2, 0.25) is 0 Å². The van der Waals surface area contributed by atoms with Gasteiger partial charge in [-0.1, -0.05) is 12.1 Å². The number of aryl methyl sites for hydroxylation is 1. The van der Waals surface area contributed by atoms with E-state index in [0.29, 0.717) is 6.61 Å². The van der Waals surface area contributed by atoms with Crippen molar-refractivity contribution in [3.05, 3.63) is 59.6 Å². The zero-order valence-corrected chi connectivity index (χ0v) is 19.2. The Morgan fingerprint density at radius 1 is 1.28 bits per heavy atom. The molecular weight excluding hydrogens is 405 g/mol. The number of halogens is 1. The third-order valence-electron chi connectivity index (χ3n) is 6.34. The molecule has 0 aliphatic carbocycles. The van der Waals surface area contributed by atoms with Gasteiger partial charge in [-0.3, -0.25) is 4.79 Å². The molecular formula is C27H30FNO3. The van der Waals surface area contributed by atoms with Gasteiger partial charge in [0.15, 0.2) is 0 Å². The van der Waals surface area contributed by atoms with Crippen LogP contribution in [0.15, 0.2) is 47.1 Å². The van der Waals surface area contributed by atoms with E-state index in [0.717, 1.165) is 63.9 Å². The molecule has 4 nitrogen and oxygen atoms in total. The first-order chi connectivity index (χ1) is 15.4. The van der Waals surface area contributed by atoms with Crippen LogP contribution < -0.4 is 4.74 Å². The Morgan fingerprint density at radius 3 is 2.72 bits per heavy atom. The van der Waals surface area contributed by atoms with E-state index >= 15 is 0 Å². The van der Waals surface area contributed by atoms with Crippen LogP contribution >= 0.6 is 0 Å². The lowest BCUT2D eigenvalue weighted by atomic mass is 9.96. The smallest absolute Gasteiger partial charge is 0.247 e. The number of ether oxygens (including phenoxy) is 1. The van der Waals surface area contributed by atoms with Crippen LogP contribution in [0, 0.1) is 12.7 Å². The maximum atomic E-state index is 13.4. The van der Waals surface area contributed by atoms with Crippen molar-refractivity contribution >= 4 is 22.4 Å². The first-order valence-electron chi connectivity index (χ1n) is 11.3. The first kappa shape index (κ1) is 22.1. The number of carbonyl (C=O) groups is 1. The topological polar surface area (TPSA) is 42.7 Å². The molecule has 1 saturated heterocycles. The van der Waals surface area contributed by atoms with Gasteiger partial charge in [0.2, 0.25) is 5.91 Å². The van der Waals surface area contributed by atoms with Crippen LogP contribution in [0.4, 0.5) is 4.39 Å². The van der Waals surface area contributed by atoms with Gasteiger partial charge in [-0.2, -0.15) is 0 Å². The summed E-state index contributed by atoms with van der Waals surface area (Å²) in [6.07, 6.45) is 6.69. The lowest BCUT2D eigenvalue weighted by Gasteiger charge is -2.32. The monoisotopic (exact) mass is 435 g/mol. The molecule has 0 saturated carbocycles. The molecule has 1 fully saturated rings. The molecule has 1 aliphatic rings. The summed E-state index contributed by atoms with van der Waals surface area (Å²) in [5.74, 6) is 0.496. The van der Waals surface area contributed by atoms with Crippen LogP contribution in [0.5, 0.6) is 5.75 Å². The van der Waals surface area contributed by atoms with Crippen molar-refractivity contribution in [2.45, 2.75) is 53.0 Å². The maximum Gasteiger partial charge on any atom is 0.247 e. The fourth-order valence-corrected chi connectivity index (χ4v) is 4.56. The van der Waals surface area contributed by atoms with Crippen molar-refractivity contribution < 1.29 is 18.3 Å². The number of rotatable bonds is 5. The molecule has 3 aromatic rings. The summed E-state index contributed by atoms with van der Waals surface area (Å²) in [5, 5.41) is 0.916. The molecule has 1 aromatic heterocycles. The molecule has 0 spiro atoms. The van der Waals surface area contributed by atoms with Crippen molar-refractivity contribution in [2.75, 3.05) is 13.2 Å². The van der Waals surface area contributed by atoms with E-state index < -0.39 is 0 Å². The minimum Gasteiger partial charge on any atom is -0.493 e. The molecule has 1 unspecified atom stereocenters. The van der Waals surface area contributed by atoms with E-state index in [4.69, 9.17) is 9.15 Å². The zero-order chi connectivity index (χ0) is 22.8. The minimum absolute atomic E-state index is 0.0425. The fourth-order valence-electron chi connectivity index (χ4n) is 4.56. The summed E-state index contributed by atoms with van der Waals surface area (Å²) in [5.41, 5.74) is 5.11. The molecule has 0 N–H and O–H groups in total. The predicted molar refractivity (Wildman–Crippen MR) is 126 cm³/mol. The number of carbonyl (C=O) groups excluding carboxylic acids is 1. The Hall–Kier alpha value is -3.08. The van der Waals surface area contributed by atoms with Crippen LogP contribution in [0.1, 0.15) is 51.2 Å². The molecule has 168 valence electrons. The van der Waals surface area contributed by atoms with E-state index in [1.165, 1.54) is 18.6 Å². The summed E-state index contributed by atoms with van der Waals surface area (Å²) in [6.45, 7) is 9.29. The number of amides is 1. The molecule has 1 aliphatic heterocycles. The Kier molecular flexibility index (Phi) is 6.35. The highest BCUT2D eigenvalue weighted by atomic mass is 19.1. The highest BCUT2D eigenvalue weighted by Crippen LogP contribution is 2.41. The number of piperidine rings is 1. The molecule has 2 aromatic carbocycles. The molecule has 0 radical (unpaired) electrons. The largest absolute Gasteiger partial charge is 0.493 e. The Morgan fingerprint density at radius 2 is 2.03 bits per heavy atom. The summed E-state index contributed by atoms with van der Waals surface area (Å²) >= 11 is 0. The summed E-state index contributed by atoms with van der Waals surface area (Å²) < 4.78 is 25.3. The normalized spacial score (nSPS) is 17.1. The Labute approximate surface area is 188 Å². The quantitative estimate of drug-likeness (QED) is 0.416. The van der Waals surface area contributed by atoms with Gasteiger partial charge in [0.1, 0.15) is 17.1 Å². The van der Waals surface area contributed by atoms with Gasteiger partial charge in [-0.05, 0) is 76.3 Å². The van der Waals surface area contributed by atoms with Crippen molar-refractivity contribution in [1.82, 2.24) is 4.90 Å². The number of likely N-dealkylation sites (tertiary alicyclic amines) is 1. The van der Waals surface area contributed by atoms with Crippen molar-refractivity contribution in [1.29, 1.82) is 0 Å². The zero-order valence-electron chi connectivity index (χ0n) is 19.2. The standard InChI is InChI=1S/C27H30FNO3/c1-5-31-26-19(4)27-23(24(16-32-27)20-9-11-21(28)12-10-20)15-22(26)17(2)14-25(30)29-13-7-6-8-18(29)3/h9-12,14-16,18H,5-8,13H2,1-4H3/b17-14+. The predicted octanol–water partition coefficient (Wildman–Crippen LogP) is 6.75. The number of nitrogens with zero attached hydrogens (tertiary/aromatic N) is 1. The average Bonchev–Trinajstić information content (AvgIpc) is 3.20. The number of fused-ring (bicyclic) bond motifs is 1. The Balaban J connectivity index is 1.81. The SMILES string of the molecule is CCOc1c(/C(C)=C/C(=O)N2CCCCC2C)cc2c(-c3ccc(F)cc3)coc2c1C. The highest BCUT2D eigenvalue weighted by Gasteiger charge is 2.23. The number of allylic oxidation sites excluding steroid dienone is 1. The third-order valence-corrected chi connectivity index (χ3v) is 6.34. The van der Waals surface area contributed by atoms with E-state index in [1.807, 2.05) is 31.7 Å². The van der Waals surface area contributed by atoms with Crippen molar-refractivity contribution in [3.63, 3.8) is 0 Å². The molecule has 0 bridgehead atoms.